The number of nitrogens with zero attached hydrogens (tertiary/aromatic N) is 1. The van der Waals surface area contributed by atoms with Crippen LogP contribution in [-0.4, -0.2) is 30.6 Å². The van der Waals surface area contributed by atoms with Crippen molar-refractivity contribution >= 4 is 0 Å². The molecule has 0 atom stereocenters. The average Bonchev–Trinajstić information content (AvgIpc) is 1.95. The van der Waals surface area contributed by atoms with Crippen LogP contribution in [0, 0.1) is 12.3 Å². The van der Waals surface area contributed by atoms with Gasteiger partial charge < -0.3 is 5.73 Å². The van der Waals surface area contributed by atoms with Crippen LogP contribution in [0.1, 0.15) is 12.8 Å². The minimum Gasteiger partial charge on any atom is -0.328 e. The molecule has 2 N–H and O–H groups in total. The zero-order valence-corrected chi connectivity index (χ0v) is 6.21. The summed E-state index contributed by atoms with van der Waals surface area (Å²) in [6.45, 7) is 2.93. The van der Waals surface area contributed by atoms with Crippen LogP contribution in [0.3, 0.4) is 0 Å². The number of hydrogen-bond donors (Lipinski definition) is 1. The molecule has 56 valence electrons. The van der Waals surface area contributed by atoms with Crippen molar-refractivity contribution in [3.63, 3.8) is 0 Å². The van der Waals surface area contributed by atoms with Crippen molar-refractivity contribution < 1.29 is 0 Å². The van der Waals surface area contributed by atoms with Gasteiger partial charge in [-0.1, -0.05) is 5.92 Å². The molecule has 0 aromatic heterocycles. The van der Waals surface area contributed by atoms with Gasteiger partial charge in [-0.3, -0.25) is 4.90 Å². The molecule has 1 heterocycles. The van der Waals surface area contributed by atoms with Crippen LogP contribution in [-0.2, 0) is 0 Å². The van der Waals surface area contributed by atoms with Gasteiger partial charge in [-0.2, -0.15) is 0 Å². The van der Waals surface area contributed by atoms with Crippen molar-refractivity contribution in [2.24, 2.45) is 5.73 Å². The summed E-state index contributed by atoms with van der Waals surface area (Å²) in [5.74, 6) is 2.64. The molecule has 1 aliphatic heterocycles. The zero-order valence-electron chi connectivity index (χ0n) is 6.21. The smallest absolute Gasteiger partial charge is 0.0598 e. The fourth-order valence-electron chi connectivity index (χ4n) is 1.24. The zero-order chi connectivity index (χ0) is 7.40. The van der Waals surface area contributed by atoms with Crippen LogP contribution in [0.2, 0.25) is 0 Å². The molecule has 10 heavy (non-hydrogen) atoms. The highest BCUT2D eigenvalue weighted by atomic mass is 15.1. The molecule has 0 bridgehead atoms. The first-order valence-corrected chi connectivity index (χ1v) is 3.74. The third-order valence-corrected chi connectivity index (χ3v) is 1.95. The van der Waals surface area contributed by atoms with Gasteiger partial charge in [0.25, 0.3) is 0 Å². The highest BCUT2D eigenvalue weighted by molar-refractivity contribution is 4.89. The van der Waals surface area contributed by atoms with E-state index in [1.807, 2.05) is 0 Å². The standard InChI is InChI=1S/C8H14N2/c1-2-5-10-6-3-8(9)4-7-10/h1,8H,3-7,9H2. The third kappa shape index (κ3) is 2.02. The molecule has 0 aromatic rings. The van der Waals surface area contributed by atoms with Crippen molar-refractivity contribution in [2.75, 3.05) is 19.6 Å². The molecule has 0 unspecified atom stereocenters. The summed E-state index contributed by atoms with van der Waals surface area (Å²) in [6, 6.07) is 0.411. The Morgan fingerprint density at radius 2 is 2.10 bits per heavy atom. The summed E-state index contributed by atoms with van der Waals surface area (Å²) >= 11 is 0. The second-order valence-corrected chi connectivity index (χ2v) is 2.82. The quantitative estimate of drug-likeness (QED) is 0.518. The lowest BCUT2D eigenvalue weighted by Crippen LogP contribution is -2.39. The van der Waals surface area contributed by atoms with E-state index >= 15 is 0 Å². The second-order valence-electron chi connectivity index (χ2n) is 2.82. The van der Waals surface area contributed by atoms with E-state index in [0.29, 0.717) is 6.04 Å². The minimum absolute atomic E-state index is 0.411. The van der Waals surface area contributed by atoms with Crippen LogP contribution in [0.15, 0.2) is 0 Å². The normalized spacial score (nSPS) is 22.4. The maximum atomic E-state index is 5.71. The van der Waals surface area contributed by atoms with E-state index in [-0.39, 0.29) is 0 Å². The Labute approximate surface area is 62.4 Å². The summed E-state index contributed by atoms with van der Waals surface area (Å²) in [6.07, 6.45) is 7.37. The molecule has 0 aromatic carbocycles. The number of nitrogens with two attached hydrogens (primary N) is 1. The van der Waals surface area contributed by atoms with Gasteiger partial charge in [-0.25, -0.2) is 0 Å². The monoisotopic (exact) mass is 138 g/mol. The van der Waals surface area contributed by atoms with E-state index in [1.54, 1.807) is 0 Å². The first-order chi connectivity index (χ1) is 4.83. The lowest BCUT2D eigenvalue weighted by Gasteiger charge is -2.28. The van der Waals surface area contributed by atoms with Gasteiger partial charge in [0.1, 0.15) is 0 Å². The molecular weight excluding hydrogens is 124 g/mol. The Bertz CT molecular complexity index is 129. The molecule has 0 amide bonds. The fourth-order valence-corrected chi connectivity index (χ4v) is 1.24. The predicted molar refractivity (Wildman–Crippen MR) is 42.5 cm³/mol. The molecule has 0 saturated carbocycles. The van der Waals surface area contributed by atoms with Crippen molar-refractivity contribution in [3.8, 4) is 12.3 Å². The predicted octanol–water partition coefficient (Wildman–Crippen LogP) is 0.0427. The molecule has 0 radical (unpaired) electrons. The molecule has 0 spiro atoms. The molecule has 2 heteroatoms. The summed E-state index contributed by atoms with van der Waals surface area (Å²) in [5.41, 5.74) is 5.71. The number of rotatable bonds is 1. The van der Waals surface area contributed by atoms with E-state index in [4.69, 9.17) is 12.2 Å². The van der Waals surface area contributed by atoms with Gasteiger partial charge in [0.05, 0.1) is 6.54 Å². The highest BCUT2D eigenvalue weighted by Gasteiger charge is 2.13. The van der Waals surface area contributed by atoms with E-state index in [0.717, 1.165) is 32.5 Å². The topological polar surface area (TPSA) is 29.3 Å². The van der Waals surface area contributed by atoms with Crippen LogP contribution in [0.5, 0.6) is 0 Å². The van der Waals surface area contributed by atoms with E-state index < -0.39 is 0 Å². The SMILES string of the molecule is C#CCN1CCC(N)CC1. The van der Waals surface area contributed by atoms with Crippen molar-refractivity contribution in [2.45, 2.75) is 18.9 Å². The lowest BCUT2D eigenvalue weighted by atomic mass is 10.1. The maximum Gasteiger partial charge on any atom is 0.0598 e. The van der Waals surface area contributed by atoms with Crippen molar-refractivity contribution in [1.29, 1.82) is 0 Å². The van der Waals surface area contributed by atoms with E-state index in [2.05, 4.69) is 10.8 Å². The van der Waals surface area contributed by atoms with Gasteiger partial charge in [0.15, 0.2) is 0 Å². The van der Waals surface area contributed by atoms with E-state index in [9.17, 15) is 0 Å². The second kappa shape index (κ2) is 3.60. The van der Waals surface area contributed by atoms with Gasteiger partial charge in [0.2, 0.25) is 0 Å². The molecule has 1 rings (SSSR count). The molecule has 1 saturated heterocycles. The summed E-state index contributed by atoms with van der Waals surface area (Å²) < 4.78 is 0. The number of hydrogen-bond acceptors (Lipinski definition) is 2. The Morgan fingerprint density at radius 1 is 1.50 bits per heavy atom. The molecule has 1 aliphatic rings. The first kappa shape index (κ1) is 7.59. The van der Waals surface area contributed by atoms with Gasteiger partial charge in [-0.15, -0.1) is 6.42 Å². The number of likely N-dealkylation sites (tertiary alicyclic amines) is 1. The van der Waals surface area contributed by atoms with Crippen molar-refractivity contribution in [1.82, 2.24) is 4.90 Å². The molecule has 1 fully saturated rings. The van der Waals surface area contributed by atoms with Crippen LogP contribution in [0.25, 0.3) is 0 Å². The maximum absolute atomic E-state index is 5.71. The Morgan fingerprint density at radius 3 is 2.60 bits per heavy atom. The Kier molecular flexibility index (Phi) is 2.73. The minimum atomic E-state index is 0.411. The number of piperidine rings is 1. The van der Waals surface area contributed by atoms with Crippen LogP contribution in [0.4, 0.5) is 0 Å². The van der Waals surface area contributed by atoms with Crippen molar-refractivity contribution in [3.05, 3.63) is 0 Å². The number of terminal acetylenes is 1. The summed E-state index contributed by atoms with van der Waals surface area (Å²) in [7, 11) is 0. The first-order valence-electron chi connectivity index (χ1n) is 3.74. The molecule has 2 nitrogen and oxygen atoms in total. The average molecular weight is 138 g/mol. The molecular formula is C8H14N2. The Balaban J connectivity index is 2.21. The lowest BCUT2D eigenvalue weighted by molar-refractivity contribution is 0.237. The van der Waals surface area contributed by atoms with E-state index in [1.165, 1.54) is 0 Å². The van der Waals surface area contributed by atoms with Gasteiger partial charge in [0, 0.05) is 19.1 Å². The Hall–Kier alpha value is -0.520. The third-order valence-electron chi connectivity index (χ3n) is 1.95. The largest absolute Gasteiger partial charge is 0.328 e. The van der Waals surface area contributed by atoms with Gasteiger partial charge in [-0.05, 0) is 12.8 Å². The van der Waals surface area contributed by atoms with Gasteiger partial charge >= 0.3 is 0 Å². The van der Waals surface area contributed by atoms with Crippen LogP contribution >= 0.6 is 0 Å². The fraction of sp³-hybridized carbons (Fsp3) is 0.750. The molecule has 0 aliphatic carbocycles. The van der Waals surface area contributed by atoms with Crippen LogP contribution < -0.4 is 5.73 Å². The summed E-state index contributed by atoms with van der Waals surface area (Å²) in [5, 5.41) is 0. The summed E-state index contributed by atoms with van der Waals surface area (Å²) in [4.78, 5) is 2.27. The highest BCUT2D eigenvalue weighted by Crippen LogP contribution is 2.06.